The Morgan fingerprint density at radius 2 is 1.81 bits per heavy atom. The van der Waals surface area contributed by atoms with Gasteiger partial charge in [0.25, 0.3) is 5.91 Å². The third-order valence-electron chi connectivity index (χ3n) is 3.11. The molecule has 116 valence electrons. The highest BCUT2D eigenvalue weighted by molar-refractivity contribution is 7.10. The number of carboxylic acids is 1. The zero-order valence-electron chi connectivity index (χ0n) is 12.6. The van der Waals surface area contributed by atoms with Crippen molar-refractivity contribution in [3.63, 3.8) is 0 Å². The molecule has 1 rings (SSSR count). The standard InChI is InChI=1S/C14H20N2O4S/c1-8-9(2)21-7-10(8)13(20)16-15-11(17)5-14(3,4)6-12(18)19/h7H,5-6H2,1-4H3,(H,15,17)(H,16,20)(H,18,19). The Labute approximate surface area is 127 Å². The molecule has 0 aliphatic rings. The molecular formula is C14H20N2O4S. The molecular weight excluding hydrogens is 292 g/mol. The van der Waals surface area contributed by atoms with Crippen LogP contribution in [0.25, 0.3) is 0 Å². The van der Waals surface area contributed by atoms with E-state index in [1.165, 1.54) is 11.3 Å². The van der Waals surface area contributed by atoms with Crippen molar-refractivity contribution in [2.75, 3.05) is 0 Å². The summed E-state index contributed by atoms with van der Waals surface area (Å²) in [5.74, 6) is -1.75. The van der Waals surface area contributed by atoms with Crippen LogP contribution in [-0.2, 0) is 9.59 Å². The topological polar surface area (TPSA) is 95.5 Å². The van der Waals surface area contributed by atoms with Crippen molar-refractivity contribution in [1.82, 2.24) is 10.9 Å². The van der Waals surface area contributed by atoms with Crippen molar-refractivity contribution < 1.29 is 19.5 Å². The fraction of sp³-hybridized carbons (Fsp3) is 0.500. The molecule has 0 spiro atoms. The van der Waals surface area contributed by atoms with Gasteiger partial charge in [0.05, 0.1) is 12.0 Å². The van der Waals surface area contributed by atoms with Crippen LogP contribution in [0.3, 0.4) is 0 Å². The number of hydrogen-bond acceptors (Lipinski definition) is 4. The van der Waals surface area contributed by atoms with Crippen LogP contribution in [0, 0.1) is 19.3 Å². The predicted molar refractivity (Wildman–Crippen MR) is 80.1 cm³/mol. The second-order valence-corrected chi connectivity index (χ2v) is 6.83. The van der Waals surface area contributed by atoms with Gasteiger partial charge in [-0.15, -0.1) is 11.3 Å². The van der Waals surface area contributed by atoms with E-state index in [1.807, 2.05) is 13.8 Å². The monoisotopic (exact) mass is 312 g/mol. The average Bonchev–Trinajstić information content (AvgIpc) is 2.65. The Balaban J connectivity index is 2.52. The van der Waals surface area contributed by atoms with Crippen LogP contribution in [0.15, 0.2) is 5.38 Å². The minimum absolute atomic E-state index is 0.0151. The number of aryl methyl sites for hydroxylation is 1. The lowest BCUT2D eigenvalue weighted by Gasteiger charge is -2.21. The number of hydrazine groups is 1. The van der Waals surface area contributed by atoms with Crippen LogP contribution in [-0.4, -0.2) is 22.9 Å². The number of carbonyl (C=O) groups is 3. The highest BCUT2D eigenvalue weighted by atomic mass is 32.1. The summed E-state index contributed by atoms with van der Waals surface area (Å²) in [5.41, 5.74) is 5.42. The first-order valence-corrected chi connectivity index (χ1v) is 7.36. The number of thiophene rings is 1. The number of aliphatic carboxylic acids is 1. The molecule has 0 saturated carbocycles. The molecule has 0 aliphatic carbocycles. The maximum atomic E-state index is 11.9. The quantitative estimate of drug-likeness (QED) is 0.725. The minimum Gasteiger partial charge on any atom is -0.481 e. The molecule has 6 nitrogen and oxygen atoms in total. The number of carbonyl (C=O) groups excluding carboxylic acids is 2. The van der Waals surface area contributed by atoms with E-state index in [0.29, 0.717) is 5.56 Å². The summed E-state index contributed by atoms with van der Waals surface area (Å²) in [4.78, 5) is 35.4. The fourth-order valence-corrected chi connectivity index (χ4v) is 2.75. The molecule has 7 heteroatoms. The van der Waals surface area contributed by atoms with Crippen LogP contribution >= 0.6 is 11.3 Å². The normalized spacial score (nSPS) is 11.0. The number of hydrogen-bond donors (Lipinski definition) is 3. The summed E-state index contributed by atoms with van der Waals surface area (Å²) in [6.45, 7) is 7.14. The van der Waals surface area contributed by atoms with Gasteiger partial charge in [0.1, 0.15) is 0 Å². The highest BCUT2D eigenvalue weighted by Crippen LogP contribution is 2.24. The van der Waals surface area contributed by atoms with Crippen LogP contribution < -0.4 is 10.9 Å². The Hall–Kier alpha value is -1.89. The van der Waals surface area contributed by atoms with Gasteiger partial charge in [-0.2, -0.15) is 0 Å². The first kappa shape index (κ1) is 17.2. The molecule has 0 unspecified atom stereocenters. The number of carboxylic acid groups (broad SMARTS) is 1. The number of amides is 2. The first-order valence-electron chi connectivity index (χ1n) is 6.48. The van der Waals surface area contributed by atoms with Gasteiger partial charge >= 0.3 is 5.97 Å². The maximum Gasteiger partial charge on any atom is 0.303 e. The van der Waals surface area contributed by atoms with E-state index in [2.05, 4.69) is 10.9 Å². The Morgan fingerprint density at radius 3 is 2.29 bits per heavy atom. The van der Waals surface area contributed by atoms with Gasteiger partial charge in [-0.05, 0) is 24.8 Å². The molecule has 3 N–H and O–H groups in total. The third-order valence-corrected chi connectivity index (χ3v) is 4.13. The van der Waals surface area contributed by atoms with Crippen molar-refractivity contribution in [3.8, 4) is 0 Å². The number of rotatable bonds is 5. The third kappa shape index (κ3) is 5.18. The van der Waals surface area contributed by atoms with E-state index < -0.39 is 17.3 Å². The van der Waals surface area contributed by atoms with Crippen molar-refractivity contribution in [1.29, 1.82) is 0 Å². The van der Waals surface area contributed by atoms with Crippen LogP contribution in [0.2, 0.25) is 0 Å². The average molecular weight is 312 g/mol. The van der Waals surface area contributed by atoms with Crippen molar-refractivity contribution in [3.05, 3.63) is 21.4 Å². The summed E-state index contributed by atoms with van der Waals surface area (Å²) < 4.78 is 0. The summed E-state index contributed by atoms with van der Waals surface area (Å²) in [5, 5.41) is 10.5. The van der Waals surface area contributed by atoms with Crippen molar-refractivity contribution >= 4 is 29.1 Å². The zero-order valence-corrected chi connectivity index (χ0v) is 13.4. The largest absolute Gasteiger partial charge is 0.481 e. The Bertz CT molecular complexity index is 563. The van der Waals surface area contributed by atoms with Gasteiger partial charge in [-0.1, -0.05) is 13.8 Å². The van der Waals surface area contributed by atoms with E-state index >= 15 is 0 Å². The molecule has 0 aromatic carbocycles. The Kier molecular flexibility index (Phi) is 5.48. The van der Waals surface area contributed by atoms with Gasteiger partial charge < -0.3 is 5.11 Å². The molecule has 21 heavy (non-hydrogen) atoms. The number of nitrogens with one attached hydrogen (secondary N) is 2. The second kappa shape index (κ2) is 6.71. The van der Waals surface area contributed by atoms with Crippen LogP contribution in [0.4, 0.5) is 0 Å². The fourth-order valence-electron chi connectivity index (χ4n) is 1.88. The van der Waals surface area contributed by atoms with Crippen LogP contribution in [0.1, 0.15) is 47.5 Å². The summed E-state index contributed by atoms with van der Waals surface area (Å²) >= 11 is 1.47. The molecule has 1 aromatic rings. The zero-order chi connectivity index (χ0) is 16.2. The van der Waals surface area contributed by atoms with Crippen molar-refractivity contribution in [2.45, 2.75) is 40.5 Å². The molecule has 0 radical (unpaired) electrons. The van der Waals surface area contributed by atoms with E-state index in [0.717, 1.165) is 10.4 Å². The van der Waals surface area contributed by atoms with Gasteiger partial charge in [-0.25, -0.2) is 0 Å². The lowest BCUT2D eigenvalue weighted by Crippen LogP contribution is -2.43. The molecule has 0 atom stereocenters. The molecule has 0 fully saturated rings. The molecule has 0 bridgehead atoms. The molecule has 1 heterocycles. The summed E-state index contributed by atoms with van der Waals surface area (Å²) in [6, 6.07) is 0. The van der Waals surface area contributed by atoms with Gasteiger partial charge in [0, 0.05) is 16.7 Å². The maximum absolute atomic E-state index is 11.9. The van der Waals surface area contributed by atoms with E-state index in [4.69, 9.17) is 5.11 Å². The van der Waals surface area contributed by atoms with Gasteiger partial charge in [0.15, 0.2) is 0 Å². The Morgan fingerprint density at radius 1 is 1.19 bits per heavy atom. The summed E-state index contributed by atoms with van der Waals surface area (Å²) in [6.07, 6.45) is -0.0988. The minimum atomic E-state index is -0.957. The van der Waals surface area contributed by atoms with Crippen LogP contribution in [0.5, 0.6) is 0 Å². The molecule has 0 aliphatic heterocycles. The van der Waals surface area contributed by atoms with Gasteiger partial charge in [0.2, 0.25) is 5.91 Å². The van der Waals surface area contributed by atoms with E-state index in [9.17, 15) is 14.4 Å². The molecule has 0 saturated heterocycles. The van der Waals surface area contributed by atoms with Gasteiger partial charge in [-0.3, -0.25) is 25.2 Å². The SMILES string of the molecule is Cc1scc(C(=O)NNC(=O)CC(C)(C)CC(=O)O)c1C. The lowest BCUT2D eigenvalue weighted by atomic mass is 9.85. The van der Waals surface area contributed by atoms with E-state index in [1.54, 1.807) is 19.2 Å². The molecule has 1 aromatic heterocycles. The molecule has 2 amide bonds. The second-order valence-electron chi connectivity index (χ2n) is 5.74. The smallest absolute Gasteiger partial charge is 0.303 e. The summed E-state index contributed by atoms with van der Waals surface area (Å²) in [7, 11) is 0. The van der Waals surface area contributed by atoms with Crippen molar-refractivity contribution in [2.24, 2.45) is 5.41 Å². The van der Waals surface area contributed by atoms with E-state index in [-0.39, 0.29) is 18.7 Å². The first-order chi connectivity index (χ1) is 9.62. The predicted octanol–water partition coefficient (Wildman–Crippen LogP) is 2.02. The lowest BCUT2D eigenvalue weighted by molar-refractivity contribution is -0.139. The highest BCUT2D eigenvalue weighted by Gasteiger charge is 2.25.